The van der Waals surface area contributed by atoms with E-state index in [2.05, 4.69) is 26.1 Å². The number of carbonyl (C=O) groups excluding carboxylic acids is 1. The summed E-state index contributed by atoms with van der Waals surface area (Å²) >= 11 is 0. The minimum absolute atomic E-state index is 0.00491. The topological polar surface area (TPSA) is 47.6 Å². The molecule has 2 unspecified atom stereocenters. The van der Waals surface area contributed by atoms with E-state index >= 15 is 0 Å². The molecule has 0 saturated heterocycles. The minimum Gasteiger partial charge on any atom is -0.468 e. The van der Waals surface area contributed by atoms with Crippen LogP contribution in [-0.2, 0) is 14.3 Å². The third-order valence-corrected chi connectivity index (χ3v) is 3.80. The van der Waals surface area contributed by atoms with Crippen LogP contribution >= 0.6 is 0 Å². The molecule has 1 N–H and O–H groups in total. The Labute approximate surface area is 117 Å². The van der Waals surface area contributed by atoms with Crippen LogP contribution in [0.3, 0.4) is 0 Å². The van der Waals surface area contributed by atoms with Gasteiger partial charge in [-0.3, -0.25) is 10.1 Å². The maximum atomic E-state index is 12.0. The molecule has 0 radical (unpaired) electrons. The molecular weight excluding hydrogens is 242 g/mol. The van der Waals surface area contributed by atoms with Gasteiger partial charge in [0, 0.05) is 12.5 Å². The Morgan fingerprint density at radius 3 is 2.37 bits per heavy atom. The molecule has 112 valence electrons. The van der Waals surface area contributed by atoms with Gasteiger partial charge in [0.15, 0.2) is 0 Å². The van der Waals surface area contributed by atoms with E-state index in [1.165, 1.54) is 7.11 Å². The Balaban J connectivity index is 2.63. The second kappa shape index (κ2) is 6.23. The highest BCUT2D eigenvalue weighted by Gasteiger charge is 2.41. The highest BCUT2D eigenvalue weighted by atomic mass is 16.5. The van der Waals surface area contributed by atoms with Crippen LogP contribution in [-0.4, -0.2) is 36.4 Å². The largest absolute Gasteiger partial charge is 0.468 e. The van der Waals surface area contributed by atoms with Gasteiger partial charge in [-0.25, -0.2) is 0 Å². The number of methoxy groups -OCH3 is 1. The fraction of sp³-hybridized carbons (Fsp3) is 0.933. The van der Waals surface area contributed by atoms with E-state index in [1.54, 1.807) is 0 Å². The van der Waals surface area contributed by atoms with Gasteiger partial charge in [-0.15, -0.1) is 0 Å². The van der Waals surface area contributed by atoms with Crippen molar-refractivity contribution in [2.75, 3.05) is 7.11 Å². The van der Waals surface area contributed by atoms with E-state index in [9.17, 15) is 4.79 Å². The zero-order valence-corrected chi connectivity index (χ0v) is 13.2. The van der Waals surface area contributed by atoms with Crippen LogP contribution in [0.1, 0.15) is 60.3 Å². The van der Waals surface area contributed by atoms with Crippen molar-refractivity contribution >= 4 is 5.97 Å². The fourth-order valence-corrected chi connectivity index (χ4v) is 2.35. The number of carbonyl (C=O) groups is 1. The first-order valence-corrected chi connectivity index (χ1v) is 7.26. The number of nitrogens with one attached hydrogen (secondary N) is 1. The Morgan fingerprint density at radius 1 is 1.37 bits per heavy atom. The molecule has 4 heteroatoms. The average molecular weight is 271 g/mol. The number of rotatable bonds is 8. The molecule has 0 spiro atoms. The standard InChI is InChI=1S/C15H29NO3/c1-7-14(3,4)19-11(2)10-15(5,13(17)18-6)16-12-8-9-12/h11-12,16H,7-10H2,1-6H3. The first-order valence-electron chi connectivity index (χ1n) is 7.26. The van der Waals surface area contributed by atoms with E-state index in [0.29, 0.717) is 12.5 Å². The molecule has 0 heterocycles. The lowest BCUT2D eigenvalue weighted by Gasteiger charge is -2.34. The molecule has 4 nitrogen and oxygen atoms in total. The second-order valence-electron chi connectivity index (χ2n) is 6.49. The summed E-state index contributed by atoms with van der Waals surface area (Å²) in [6, 6.07) is 0.454. The van der Waals surface area contributed by atoms with Crippen molar-refractivity contribution < 1.29 is 14.3 Å². The molecule has 1 fully saturated rings. The summed E-state index contributed by atoms with van der Waals surface area (Å²) in [7, 11) is 1.44. The molecule has 1 aliphatic carbocycles. The maximum Gasteiger partial charge on any atom is 0.325 e. The molecule has 1 rings (SSSR count). The average Bonchev–Trinajstić information content (AvgIpc) is 3.10. The van der Waals surface area contributed by atoms with Crippen LogP contribution in [0.2, 0.25) is 0 Å². The van der Waals surface area contributed by atoms with Crippen LogP contribution in [0, 0.1) is 0 Å². The summed E-state index contributed by atoms with van der Waals surface area (Å²) < 4.78 is 11.0. The minimum atomic E-state index is -0.654. The first kappa shape index (κ1) is 16.4. The quantitative estimate of drug-likeness (QED) is 0.689. The van der Waals surface area contributed by atoms with E-state index in [0.717, 1.165) is 19.3 Å². The first-order chi connectivity index (χ1) is 8.72. The predicted molar refractivity (Wildman–Crippen MR) is 76.1 cm³/mol. The van der Waals surface area contributed by atoms with Crippen molar-refractivity contribution in [3.63, 3.8) is 0 Å². The molecule has 0 aromatic heterocycles. The lowest BCUT2D eigenvalue weighted by atomic mass is 9.93. The molecule has 1 aliphatic rings. The molecule has 0 amide bonds. The third kappa shape index (κ3) is 5.11. The predicted octanol–water partition coefficient (Wildman–Crippen LogP) is 2.65. The van der Waals surface area contributed by atoms with Gasteiger partial charge in [0.05, 0.1) is 18.8 Å². The highest BCUT2D eigenvalue weighted by Crippen LogP contribution is 2.27. The monoisotopic (exact) mass is 271 g/mol. The lowest BCUT2D eigenvalue weighted by Crippen LogP contribution is -2.53. The van der Waals surface area contributed by atoms with Crippen LogP contribution in [0.5, 0.6) is 0 Å². The van der Waals surface area contributed by atoms with Crippen molar-refractivity contribution in [2.45, 2.75) is 83.6 Å². The zero-order valence-electron chi connectivity index (χ0n) is 13.2. The molecule has 0 aliphatic heterocycles. The summed E-state index contributed by atoms with van der Waals surface area (Å²) in [5.74, 6) is -0.204. The van der Waals surface area contributed by atoms with Crippen molar-refractivity contribution in [2.24, 2.45) is 0 Å². The second-order valence-corrected chi connectivity index (χ2v) is 6.49. The SMILES string of the molecule is CCC(C)(C)OC(C)CC(C)(NC1CC1)C(=O)OC. The summed E-state index contributed by atoms with van der Waals surface area (Å²) in [5.41, 5.74) is -0.810. The lowest BCUT2D eigenvalue weighted by molar-refractivity contribution is -0.151. The fourth-order valence-electron chi connectivity index (χ4n) is 2.35. The highest BCUT2D eigenvalue weighted by molar-refractivity contribution is 5.80. The summed E-state index contributed by atoms with van der Waals surface area (Å²) in [5, 5.41) is 3.40. The number of ether oxygens (including phenoxy) is 2. The Bertz CT molecular complexity index is 313. The van der Waals surface area contributed by atoms with Gasteiger partial charge in [-0.1, -0.05) is 6.92 Å². The van der Waals surface area contributed by atoms with Crippen molar-refractivity contribution in [1.82, 2.24) is 5.32 Å². The van der Waals surface area contributed by atoms with E-state index in [-0.39, 0.29) is 17.7 Å². The van der Waals surface area contributed by atoms with E-state index in [4.69, 9.17) is 9.47 Å². The molecule has 2 atom stereocenters. The summed E-state index contributed by atoms with van der Waals surface area (Å²) in [6.07, 6.45) is 3.86. The van der Waals surface area contributed by atoms with Gasteiger partial charge < -0.3 is 9.47 Å². The Morgan fingerprint density at radius 2 is 1.95 bits per heavy atom. The summed E-state index contributed by atoms with van der Waals surface area (Å²) in [4.78, 5) is 12.0. The van der Waals surface area contributed by atoms with Crippen molar-refractivity contribution in [1.29, 1.82) is 0 Å². The van der Waals surface area contributed by atoms with Gasteiger partial charge in [-0.2, -0.15) is 0 Å². The zero-order chi connectivity index (χ0) is 14.7. The van der Waals surface area contributed by atoms with Crippen molar-refractivity contribution in [3.8, 4) is 0 Å². The van der Waals surface area contributed by atoms with Crippen molar-refractivity contribution in [3.05, 3.63) is 0 Å². The summed E-state index contributed by atoms with van der Waals surface area (Å²) in [6.45, 7) is 10.2. The van der Waals surface area contributed by atoms with Gasteiger partial charge in [0.2, 0.25) is 0 Å². The van der Waals surface area contributed by atoms with Gasteiger partial charge in [0.25, 0.3) is 0 Å². The molecular formula is C15H29NO3. The Kier molecular flexibility index (Phi) is 5.39. The molecule has 0 bridgehead atoms. The smallest absolute Gasteiger partial charge is 0.325 e. The number of hydrogen-bond donors (Lipinski definition) is 1. The maximum absolute atomic E-state index is 12.0. The van der Waals surface area contributed by atoms with Gasteiger partial charge >= 0.3 is 5.97 Å². The van der Waals surface area contributed by atoms with Crippen LogP contribution in [0.4, 0.5) is 0 Å². The van der Waals surface area contributed by atoms with E-state index < -0.39 is 5.54 Å². The van der Waals surface area contributed by atoms with E-state index in [1.807, 2.05) is 13.8 Å². The normalized spacial score (nSPS) is 20.7. The van der Waals surface area contributed by atoms with Crippen LogP contribution in [0.25, 0.3) is 0 Å². The van der Waals surface area contributed by atoms with Gasteiger partial charge in [0.1, 0.15) is 5.54 Å². The molecule has 1 saturated carbocycles. The van der Waals surface area contributed by atoms with Crippen LogP contribution in [0.15, 0.2) is 0 Å². The number of hydrogen-bond acceptors (Lipinski definition) is 4. The van der Waals surface area contributed by atoms with Gasteiger partial charge in [-0.05, 0) is 47.0 Å². The molecule has 0 aromatic rings. The third-order valence-electron chi connectivity index (χ3n) is 3.80. The van der Waals surface area contributed by atoms with Crippen LogP contribution < -0.4 is 5.32 Å². The Hall–Kier alpha value is -0.610. The molecule has 19 heavy (non-hydrogen) atoms. The molecule has 0 aromatic carbocycles. The number of esters is 1.